The summed E-state index contributed by atoms with van der Waals surface area (Å²) in [5.41, 5.74) is 6.04. The number of aromatic amines is 2. The number of amides is 2. The molecule has 7 rings (SSSR count). The average Bonchev–Trinajstić information content (AvgIpc) is 3.75. The Morgan fingerprint density at radius 2 is 1.96 bits per heavy atom. The molecule has 1 saturated heterocycles. The number of rotatable bonds is 4. The van der Waals surface area contributed by atoms with Gasteiger partial charge in [-0.3, -0.25) is 4.79 Å². The molecule has 0 radical (unpaired) electrons. The van der Waals surface area contributed by atoms with Crippen LogP contribution in [-0.4, -0.2) is 56.0 Å². The van der Waals surface area contributed by atoms with Crippen molar-refractivity contribution in [2.24, 2.45) is 5.41 Å². The van der Waals surface area contributed by atoms with E-state index in [4.69, 9.17) is 26.1 Å². The van der Waals surface area contributed by atoms with Crippen LogP contribution >= 0.6 is 11.6 Å². The number of hydrogen-bond acceptors (Lipinski definition) is 6. The molecule has 1 fully saturated rings. The van der Waals surface area contributed by atoms with Gasteiger partial charge < -0.3 is 29.7 Å². The summed E-state index contributed by atoms with van der Waals surface area (Å²) in [6, 6.07) is 13.5. The molecule has 45 heavy (non-hydrogen) atoms. The standard InChI is InChI=1S/C34H35ClN6O4/c1-17-6-11-25(41(17)32(42)29(34(2,3)4)40-33(43)44-5)31-38-24-10-8-18-13-23-21-9-7-19(27-30(35)37-16-36-27)12-20(21)15-45-26(23)14-22(18)28(24)39-31/h7-10,12-14,16-17,25,29H,6,11,15H2,1-5H3,(H,36,37)(H,38,39)(H,40,43)/t17-,25-,29+/m0/s1. The van der Waals surface area contributed by atoms with Crippen LogP contribution in [-0.2, 0) is 16.1 Å². The van der Waals surface area contributed by atoms with Crippen molar-refractivity contribution in [2.45, 2.75) is 65.3 Å². The Balaban J connectivity index is 1.24. The molecular formula is C34H35ClN6O4. The maximum Gasteiger partial charge on any atom is 0.407 e. The third-order valence-corrected chi connectivity index (χ3v) is 9.32. The van der Waals surface area contributed by atoms with Crippen LogP contribution in [0.15, 0.2) is 48.8 Å². The van der Waals surface area contributed by atoms with E-state index < -0.39 is 17.6 Å². The van der Waals surface area contributed by atoms with Crippen LogP contribution in [0.4, 0.5) is 4.79 Å². The van der Waals surface area contributed by atoms with Crippen molar-refractivity contribution in [3.8, 4) is 28.1 Å². The number of methoxy groups -OCH3 is 1. The van der Waals surface area contributed by atoms with Gasteiger partial charge in [0.05, 0.1) is 30.5 Å². The maximum atomic E-state index is 14.0. The number of likely N-dealkylation sites (tertiary alicyclic amines) is 1. The smallest absolute Gasteiger partial charge is 0.407 e. The van der Waals surface area contributed by atoms with Gasteiger partial charge in [-0.1, -0.05) is 50.6 Å². The first kappa shape index (κ1) is 29.2. The fourth-order valence-electron chi connectivity index (χ4n) is 6.69. The van der Waals surface area contributed by atoms with Crippen LogP contribution < -0.4 is 10.1 Å². The molecule has 232 valence electrons. The number of benzene rings is 3. The van der Waals surface area contributed by atoms with Gasteiger partial charge in [0.15, 0.2) is 0 Å². The average molecular weight is 627 g/mol. The molecule has 0 aliphatic carbocycles. The topological polar surface area (TPSA) is 125 Å². The zero-order chi connectivity index (χ0) is 31.6. The van der Waals surface area contributed by atoms with E-state index in [1.165, 1.54) is 7.11 Å². The van der Waals surface area contributed by atoms with Gasteiger partial charge in [0.2, 0.25) is 5.91 Å². The first-order valence-corrected chi connectivity index (χ1v) is 15.5. The molecule has 0 spiro atoms. The summed E-state index contributed by atoms with van der Waals surface area (Å²) in [4.78, 5) is 43.9. The fourth-order valence-corrected chi connectivity index (χ4v) is 6.90. The molecule has 2 aliphatic rings. The van der Waals surface area contributed by atoms with Crippen LogP contribution in [0, 0.1) is 5.41 Å². The molecule has 10 nitrogen and oxygen atoms in total. The number of carbonyl (C=O) groups excluding carboxylic acids is 2. The van der Waals surface area contributed by atoms with Gasteiger partial charge in [-0.15, -0.1) is 0 Å². The van der Waals surface area contributed by atoms with Crippen LogP contribution in [0.5, 0.6) is 5.75 Å². The predicted molar refractivity (Wildman–Crippen MR) is 173 cm³/mol. The minimum atomic E-state index is -0.753. The van der Waals surface area contributed by atoms with Gasteiger partial charge in [-0.05, 0) is 66.0 Å². The second-order valence-corrected chi connectivity index (χ2v) is 13.4. The monoisotopic (exact) mass is 626 g/mol. The van der Waals surface area contributed by atoms with Gasteiger partial charge in [0, 0.05) is 22.6 Å². The minimum Gasteiger partial charge on any atom is -0.488 e. The Kier molecular flexibility index (Phi) is 7.00. The van der Waals surface area contributed by atoms with E-state index in [0.717, 1.165) is 68.5 Å². The molecule has 0 bridgehead atoms. The number of aromatic nitrogens is 4. The molecule has 2 amide bonds. The number of nitrogens with one attached hydrogen (secondary N) is 3. The normalized spacial score (nSPS) is 18.4. The Morgan fingerprint density at radius 3 is 2.69 bits per heavy atom. The highest BCUT2D eigenvalue weighted by Gasteiger charge is 2.44. The Bertz CT molecular complexity index is 1970. The van der Waals surface area contributed by atoms with Crippen molar-refractivity contribution >= 4 is 45.4 Å². The summed E-state index contributed by atoms with van der Waals surface area (Å²) in [5, 5.41) is 5.29. The molecule has 11 heteroatoms. The summed E-state index contributed by atoms with van der Waals surface area (Å²) >= 11 is 6.28. The van der Waals surface area contributed by atoms with E-state index in [1.54, 1.807) is 6.33 Å². The minimum absolute atomic E-state index is 0.0122. The molecule has 2 aliphatic heterocycles. The third kappa shape index (κ3) is 4.97. The number of halogens is 1. The lowest BCUT2D eigenvalue weighted by Crippen LogP contribution is -2.55. The number of imidazole rings is 2. The molecule has 4 heterocycles. The molecule has 0 unspecified atom stereocenters. The van der Waals surface area contributed by atoms with E-state index >= 15 is 0 Å². The largest absolute Gasteiger partial charge is 0.488 e. The molecule has 3 aromatic carbocycles. The zero-order valence-corrected chi connectivity index (χ0v) is 26.6. The molecule has 2 aromatic heterocycles. The van der Waals surface area contributed by atoms with E-state index in [1.807, 2.05) is 44.7 Å². The molecular weight excluding hydrogens is 592 g/mol. The molecule has 3 N–H and O–H groups in total. The summed E-state index contributed by atoms with van der Waals surface area (Å²) in [7, 11) is 1.30. The molecule has 5 aromatic rings. The van der Waals surface area contributed by atoms with Gasteiger partial charge in [0.25, 0.3) is 0 Å². The lowest BCUT2D eigenvalue weighted by Gasteiger charge is -2.36. The van der Waals surface area contributed by atoms with Crippen molar-refractivity contribution in [1.29, 1.82) is 0 Å². The highest BCUT2D eigenvalue weighted by Crippen LogP contribution is 2.44. The Labute approximate surface area is 265 Å². The summed E-state index contributed by atoms with van der Waals surface area (Å²) in [6.07, 6.45) is 2.56. The summed E-state index contributed by atoms with van der Waals surface area (Å²) < 4.78 is 11.1. The van der Waals surface area contributed by atoms with Crippen molar-refractivity contribution in [3.05, 3.63) is 65.3 Å². The van der Waals surface area contributed by atoms with Crippen LogP contribution in [0.2, 0.25) is 5.15 Å². The van der Waals surface area contributed by atoms with Gasteiger partial charge in [0.1, 0.15) is 35.1 Å². The van der Waals surface area contributed by atoms with Gasteiger partial charge in [-0.25, -0.2) is 14.8 Å². The third-order valence-electron chi connectivity index (χ3n) is 9.03. The van der Waals surface area contributed by atoms with Gasteiger partial charge >= 0.3 is 6.09 Å². The van der Waals surface area contributed by atoms with Crippen molar-refractivity contribution < 1.29 is 19.1 Å². The summed E-state index contributed by atoms with van der Waals surface area (Å²) in [5.74, 6) is 1.38. The molecule has 0 saturated carbocycles. The summed E-state index contributed by atoms with van der Waals surface area (Å²) in [6.45, 7) is 8.27. The highest BCUT2D eigenvalue weighted by molar-refractivity contribution is 6.31. The molecule has 3 atom stereocenters. The van der Waals surface area contributed by atoms with E-state index in [0.29, 0.717) is 17.5 Å². The zero-order valence-electron chi connectivity index (χ0n) is 25.8. The van der Waals surface area contributed by atoms with Crippen molar-refractivity contribution in [2.75, 3.05) is 7.11 Å². The number of ether oxygens (including phenoxy) is 2. The lowest BCUT2D eigenvalue weighted by atomic mass is 9.85. The predicted octanol–water partition coefficient (Wildman–Crippen LogP) is 7.14. The number of carbonyl (C=O) groups is 2. The second-order valence-electron chi connectivity index (χ2n) is 13.0. The maximum absolute atomic E-state index is 14.0. The highest BCUT2D eigenvalue weighted by atomic mass is 35.5. The quantitative estimate of drug-likeness (QED) is 0.195. The van der Waals surface area contributed by atoms with E-state index in [-0.39, 0.29) is 18.0 Å². The number of alkyl carbamates (subject to hydrolysis) is 1. The number of H-pyrrole nitrogens is 2. The van der Waals surface area contributed by atoms with Crippen molar-refractivity contribution in [1.82, 2.24) is 30.2 Å². The lowest BCUT2D eigenvalue weighted by molar-refractivity contribution is -0.139. The number of fused-ring (bicyclic) bond motifs is 6. The second kappa shape index (κ2) is 10.8. The fraction of sp³-hybridized carbons (Fsp3) is 0.353. The van der Waals surface area contributed by atoms with Crippen molar-refractivity contribution in [3.63, 3.8) is 0 Å². The van der Waals surface area contributed by atoms with E-state index in [2.05, 4.69) is 50.6 Å². The Hall–Kier alpha value is -4.57. The SMILES string of the molecule is COC(=O)N[C@H](C(=O)N1[C@@H](C)CC[C@H]1c1nc2c(ccc3cc4c(cc32)OCc2cc(-c3nc[nH]c3Cl)ccc2-4)[nH]1)C(C)(C)C. The first-order valence-electron chi connectivity index (χ1n) is 15.1. The number of hydrogen-bond donors (Lipinski definition) is 3. The van der Waals surface area contributed by atoms with Gasteiger partial charge in [-0.2, -0.15) is 0 Å². The van der Waals surface area contributed by atoms with Crippen LogP contribution in [0.3, 0.4) is 0 Å². The number of nitrogens with zero attached hydrogens (tertiary/aromatic N) is 3. The Morgan fingerprint density at radius 1 is 1.13 bits per heavy atom. The van der Waals surface area contributed by atoms with Crippen LogP contribution in [0.25, 0.3) is 44.2 Å². The van der Waals surface area contributed by atoms with E-state index in [9.17, 15) is 9.59 Å². The first-order chi connectivity index (χ1) is 21.5. The van der Waals surface area contributed by atoms with Crippen LogP contribution in [0.1, 0.15) is 58.0 Å².